The van der Waals surface area contributed by atoms with Gasteiger partial charge in [0.1, 0.15) is 5.01 Å². The SMILES string of the molecule is CN(Cc1ccc2ccccc2c1)Cc1nnc(C(=O)Nc2ccc(Cl)cc2)s1. The Morgan fingerprint density at radius 3 is 2.55 bits per heavy atom. The van der Waals surface area contributed by atoms with Gasteiger partial charge in [0, 0.05) is 17.3 Å². The highest BCUT2D eigenvalue weighted by Crippen LogP contribution is 2.19. The van der Waals surface area contributed by atoms with Crippen LogP contribution in [-0.4, -0.2) is 28.1 Å². The molecule has 0 unspecified atom stereocenters. The van der Waals surface area contributed by atoms with Gasteiger partial charge in [0.05, 0.1) is 6.54 Å². The Labute approximate surface area is 178 Å². The van der Waals surface area contributed by atoms with Crippen LogP contribution in [0.25, 0.3) is 10.8 Å². The fourth-order valence-corrected chi connectivity index (χ4v) is 4.00. The van der Waals surface area contributed by atoms with Gasteiger partial charge < -0.3 is 5.32 Å². The molecular formula is C22H19ClN4OS. The van der Waals surface area contributed by atoms with E-state index in [1.165, 1.54) is 27.7 Å². The third kappa shape index (κ3) is 4.98. The van der Waals surface area contributed by atoms with Crippen LogP contribution in [-0.2, 0) is 13.1 Å². The number of anilines is 1. The van der Waals surface area contributed by atoms with Crippen LogP contribution in [0.5, 0.6) is 0 Å². The van der Waals surface area contributed by atoms with Crippen LogP contribution in [0, 0.1) is 0 Å². The lowest BCUT2D eigenvalue weighted by Crippen LogP contribution is -2.17. The second kappa shape index (κ2) is 8.69. The number of benzene rings is 3. The van der Waals surface area contributed by atoms with E-state index >= 15 is 0 Å². The summed E-state index contributed by atoms with van der Waals surface area (Å²) >= 11 is 7.17. The third-order valence-corrected chi connectivity index (χ3v) is 5.59. The van der Waals surface area contributed by atoms with Crippen LogP contribution in [0.1, 0.15) is 20.4 Å². The van der Waals surface area contributed by atoms with Crippen LogP contribution in [0.3, 0.4) is 0 Å². The van der Waals surface area contributed by atoms with E-state index < -0.39 is 0 Å². The molecule has 4 rings (SSSR count). The second-order valence-corrected chi connectivity index (χ2v) is 8.31. The summed E-state index contributed by atoms with van der Waals surface area (Å²) in [5.41, 5.74) is 1.90. The first-order chi connectivity index (χ1) is 14.1. The molecule has 29 heavy (non-hydrogen) atoms. The molecule has 3 aromatic carbocycles. The molecule has 0 atom stereocenters. The van der Waals surface area contributed by atoms with Gasteiger partial charge in [-0.25, -0.2) is 0 Å². The molecule has 1 amide bonds. The van der Waals surface area contributed by atoms with Crippen LogP contribution >= 0.6 is 22.9 Å². The van der Waals surface area contributed by atoms with Gasteiger partial charge in [-0.3, -0.25) is 9.69 Å². The molecule has 0 fully saturated rings. The summed E-state index contributed by atoms with van der Waals surface area (Å²) in [6.07, 6.45) is 0. The van der Waals surface area contributed by atoms with E-state index in [4.69, 9.17) is 11.6 Å². The number of aromatic nitrogens is 2. The number of amides is 1. The summed E-state index contributed by atoms with van der Waals surface area (Å²) < 4.78 is 0. The largest absolute Gasteiger partial charge is 0.320 e. The maximum absolute atomic E-state index is 12.4. The Bertz CT molecular complexity index is 1140. The molecule has 0 saturated carbocycles. The van der Waals surface area contributed by atoms with Crippen molar-refractivity contribution >= 4 is 45.3 Å². The summed E-state index contributed by atoms with van der Waals surface area (Å²) in [6.45, 7) is 1.41. The Morgan fingerprint density at radius 2 is 1.76 bits per heavy atom. The lowest BCUT2D eigenvalue weighted by molar-refractivity contribution is 0.102. The predicted molar refractivity (Wildman–Crippen MR) is 118 cm³/mol. The van der Waals surface area contributed by atoms with Gasteiger partial charge in [-0.15, -0.1) is 10.2 Å². The van der Waals surface area contributed by atoms with Gasteiger partial charge in [0.25, 0.3) is 5.91 Å². The van der Waals surface area contributed by atoms with Crippen molar-refractivity contribution in [2.24, 2.45) is 0 Å². The first kappa shape index (κ1) is 19.5. The molecule has 0 aliphatic carbocycles. The maximum Gasteiger partial charge on any atom is 0.286 e. The molecule has 7 heteroatoms. The number of hydrogen-bond acceptors (Lipinski definition) is 5. The van der Waals surface area contributed by atoms with Crippen LogP contribution in [0.4, 0.5) is 5.69 Å². The molecule has 0 bridgehead atoms. The van der Waals surface area contributed by atoms with Gasteiger partial charge in [0.15, 0.2) is 0 Å². The molecule has 0 spiro atoms. The van der Waals surface area contributed by atoms with Crippen LogP contribution in [0.2, 0.25) is 5.02 Å². The van der Waals surface area contributed by atoms with Crippen molar-refractivity contribution in [1.82, 2.24) is 15.1 Å². The number of carbonyl (C=O) groups is 1. The van der Waals surface area contributed by atoms with E-state index in [0.29, 0.717) is 22.3 Å². The Hall–Kier alpha value is -2.80. The Balaban J connectivity index is 1.37. The van der Waals surface area contributed by atoms with E-state index in [1.807, 2.05) is 19.2 Å². The summed E-state index contributed by atoms with van der Waals surface area (Å²) in [6, 6.07) is 21.8. The maximum atomic E-state index is 12.4. The van der Waals surface area contributed by atoms with Gasteiger partial charge in [-0.05, 0) is 53.7 Å². The lowest BCUT2D eigenvalue weighted by Gasteiger charge is -2.15. The fraction of sp³-hybridized carbons (Fsp3) is 0.136. The summed E-state index contributed by atoms with van der Waals surface area (Å²) in [7, 11) is 2.03. The zero-order valence-electron chi connectivity index (χ0n) is 15.8. The molecule has 1 heterocycles. The predicted octanol–water partition coefficient (Wildman–Crippen LogP) is 5.23. The van der Waals surface area contributed by atoms with Crippen molar-refractivity contribution in [1.29, 1.82) is 0 Å². The molecule has 1 N–H and O–H groups in total. The Kier molecular flexibility index (Phi) is 5.85. The van der Waals surface area contributed by atoms with E-state index in [2.05, 4.69) is 50.7 Å². The van der Waals surface area contributed by atoms with E-state index in [9.17, 15) is 4.79 Å². The number of fused-ring (bicyclic) bond motifs is 1. The van der Waals surface area contributed by atoms with Crippen molar-refractivity contribution in [2.45, 2.75) is 13.1 Å². The van der Waals surface area contributed by atoms with Gasteiger partial charge in [-0.1, -0.05) is 59.3 Å². The zero-order chi connectivity index (χ0) is 20.2. The molecule has 0 aliphatic heterocycles. The molecule has 0 saturated heterocycles. The monoisotopic (exact) mass is 422 g/mol. The minimum Gasteiger partial charge on any atom is -0.320 e. The summed E-state index contributed by atoms with van der Waals surface area (Å²) in [5.74, 6) is -0.270. The summed E-state index contributed by atoms with van der Waals surface area (Å²) in [5, 5.41) is 15.2. The number of rotatable bonds is 6. The number of carbonyl (C=O) groups excluding carboxylic acids is 1. The number of nitrogens with zero attached hydrogens (tertiary/aromatic N) is 3. The van der Waals surface area contributed by atoms with Crippen molar-refractivity contribution in [3.63, 3.8) is 0 Å². The van der Waals surface area contributed by atoms with Crippen molar-refractivity contribution in [2.75, 3.05) is 12.4 Å². The molecule has 4 aromatic rings. The first-order valence-corrected chi connectivity index (χ1v) is 10.3. The van der Waals surface area contributed by atoms with Crippen molar-refractivity contribution in [3.05, 3.63) is 87.3 Å². The average Bonchev–Trinajstić information content (AvgIpc) is 3.18. The third-order valence-electron chi connectivity index (χ3n) is 4.43. The minimum atomic E-state index is -0.270. The molecule has 146 valence electrons. The number of hydrogen-bond donors (Lipinski definition) is 1. The molecule has 0 radical (unpaired) electrons. The molecule has 5 nitrogen and oxygen atoms in total. The van der Waals surface area contributed by atoms with E-state index in [0.717, 1.165) is 11.6 Å². The van der Waals surface area contributed by atoms with Crippen LogP contribution < -0.4 is 5.32 Å². The van der Waals surface area contributed by atoms with E-state index in [-0.39, 0.29) is 5.91 Å². The first-order valence-electron chi connectivity index (χ1n) is 9.12. The highest BCUT2D eigenvalue weighted by molar-refractivity contribution is 7.13. The molecular weight excluding hydrogens is 404 g/mol. The van der Waals surface area contributed by atoms with Gasteiger partial charge in [-0.2, -0.15) is 0 Å². The second-order valence-electron chi connectivity index (χ2n) is 6.82. The van der Waals surface area contributed by atoms with E-state index in [1.54, 1.807) is 24.3 Å². The minimum absolute atomic E-state index is 0.270. The highest BCUT2D eigenvalue weighted by atomic mass is 35.5. The topological polar surface area (TPSA) is 58.1 Å². The highest BCUT2D eigenvalue weighted by Gasteiger charge is 2.14. The lowest BCUT2D eigenvalue weighted by atomic mass is 10.1. The van der Waals surface area contributed by atoms with Crippen LogP contribution in [0.15, 0.2) is 66.7 Å². The Morgan fingerprint density at radius 1 is 1.00 bits per heavy atom. The fourth-order valence-electron chi connectivity index (χ4n) is 3.06. The molecule has 1 aromatic heterocycles. The quantitative estimate of drug-likeness (QED) is 0.462. The standard InChI is InChI=1S/C22H19ClN4OS/c1-27(13-15-6-7-16-4-2-3-5-17(16)12-15)14-20-25-26-22(29-20)21(28)24-19-10-8-18(23)9-11-19/h2-12H,13-14H2,1H3,(H,24,28). The average molecular weight is 423 g/mol. The number of halogens is 1. The normalized spacial score (nSPS) is 11.1. The van der Waals surface area contributed by atoms with Crippen molar-refractivity contribution in [3.8, 4) is 0 Å². The smallest absolute Gasteiger partial charge is 0.286 e. The number of nitrogens with one attached hydrogen (secondary N) is 1. The van der Waals surface area contributed by atoms with Gasteiger partial charge in [0.2, 0.25) is 5.01 Å². The summed E-state index contributed by atoms with van der Waals surface area (Å²) in [4.78, 5) is 14.5. The molecule has 0 aliphatic rings. The van der Waals surface area contributed by atoms with Gasteiger partial charge >= 0.3 is 0 Å². The van der Waals surface area contributed by atoms with Crippen molar-refractivity contribution < 1.29 is 4.79 Å². The zero-order valence-corrected chi connectivity index (χ0v) is 17.4.